The number of nitrogens with zero attached hydrogens (tertiary/aromatic N) is 1. The number of nitrogens with two attached hydrogens (primary N) is 1. The second-order valence-electron chi connectivity index (χ2n) is 4.80. The molecule has 1 aromatic heterocycles. The van der Waals surface area contributed by atoms with Crippen molar-refractivity contribution in [2.24, 2.45) is 11.7 Å². The summed E-state index contributed by atoms with van der Waals surface area (Å²) in [6, 6.07) is 2.07. The van der Waals surface area contributed by atoms with E-state index in [0.29, 0.717) is 0 Å². The molecule has 0 spiro atoms. The molecule has 1 aliphatic carbocycles. The normalized spacial score (nSPS) is 21.8. The summed E-state index contributed by atoms with van der Waals surface area (Å²) in [6.45, 7) is 1.96. The Labute approximate surface area is 126 Å². The van der Waals surface area contributed by atoms with Crippen molar-refractivity contribution in [3.63, 3.8) is 0 Å². The SMILES string of the molecule is Cc1ccncc1NC(=O)C1CCCC(N)C1.Cl.Cl. The summed E-state index contributed by atoms with van der Waals surface area (Å²) in [7, 11) is 0. The van der Waals surface area contributed by atoms with Crippen LogP contribution >= 0.6 is 24.8 Å². The summed E-state index contributed by atoms with van der Waals surface area (Å²) >= 11 is 0. The second kappa shape index (κ2) is 8.35. The molecule has 1 saturated carbocycles. The minimum Gasteiger partial charge on any atom is -0.328 e. The maximum absolute atomic E-state index is 12.1. The van der Waals surface area contributed by atoms with Crippen LogP contribution in [0.15, 0.2) is 18.5 Å². The summed E-state index contributed by atoms with van der Waals surface area (Å²) in [5.41, 5.74) is 7.73. The van der Waals surface area contributed by atoms with Crippen LogP contribution in [0.1, 0.15) is 31.2 Å². The third kappa shape index (κ3) is 4.97. The number of anilines is 1. The molecule has 1 aromatic rings. The lowest BCUT2D eigenvalue weighted by Crippen LogP contribution is -2.34. The predicted octanol–water partition coefficient (Wildman–Crippen LogP) is 2.69. The van der Waals surface area contributed by atoms with Gasteiger partial charge in [-0.3, -0.25) is 9.78 Å². The third-order valence-corrected chi connectivity index (χ3v) is 3.38. The Balaban J connectivity index is 0.00000162. The van der Waals surface area contributed by atoms with Gasteiger partial charge in [-0.1, -0.05) is 6.42 Å². The molecule has 108 valence electrons. The van der Waals surface area contributed by atoms with Gasteiger partial charge in [0.25, 0.3) is 0 Å². The van der Waals surface area contributed by atoms with Gasteiger partial charge in [0.15, 0.2) is 0 Å². The fourth-order valence-electron chi connectivity index (χ4n) is 2.30. The molecule has 0 aliphatic heterocycles. The van der Waals surface area contributed by atoms with Crippen LogP contribution in [-0.2, 0) is 4.79 Å². The van der Waals surface area contributed by atoms with Crippen molar-refractivity contribution >= 4 is 36.4 Å². The van der Waals surface area contributed by atoms with E-state index in [1.165, 1.54) is 0 Å². The largest absolute Gasteiger partial charge is 0.328 e. The van der Waals surface area contributed by atoms with Gasteiger partial charge in [0.05, 0.1) is 11.9 Å². The van der Waals surface area contributed by atoms with Crippen LogP contribution in [0.3, 0.4) is 0 Å². The third-order valence-electron chi connectivity index (χ3n) is 3.38. The lowest BCUT2D eigenvalue weighted by atomic mass is 9.85. The van der Waals surface area contributed by atoms with Crippen molar-refractivity contribution in [3.05, 3.63) is 24.0 Å². The lowest BCUT2D eigenvalue weighted by molar-refractivity contribution is -0.120. The number of rotatable bonds is 2. The molecule has 4 nitrogen and oxygen atoms in total. The minimum absolute atomic E-state index is 0. The molecule has 3 N–H and O–H groups in total. The molecule has 1 fully saturated rings. The Morgan fingerprint density at radius 1 is 1.42 bits per heavy atom. The summed E-state index contributed by atoms with van der Waals surface area (Å²) < 4.78 is 0. The van der Waals surface area contributed by atoms with Crippen LogP contribution in [0.25, 0.3) is 0 Å². The molecule has 19 heavy (non-hydrogen) atoms. The van der Waals surface area contributed by atoms with Crippen molar-refractivity contribution in [2.75, 3.05) is 5.32 Å². The highest BCUT2D eigenvalue weighted by Gasteiger charge is 2.25. The summed E-state index contributed by atoms with van der Waals surface area (Å²) in [6.07, 6.45) is 7.24. The molecule has 0 saturated heterocycles. The predicted molar refractivity (Wildman–Crippen MR) is 82.0 cm³/mol. The maximum Gasteiger partial charge on any atom is 0.227 e. The van der Waals surface area contributed by atoms with E-state index in [1.54, 1.807) is 12.4 Å². The molecule has 1 heterocycles. The van der Waals surface area contributed by atoms with Crippen LogP contribution in [-0.4, -0.2) is 16.9 Å². The first-order chi connectivity index (χ1) is 8.16. The van der Waals surface area contributed by atoms with Gasteiger partial charge in [0, 0.05) is 18.2 Å². The van der Waals surface area contributed by atoms with Crippen LogP contribution in [0.4, 0.5) is 5.69 Å². The monoisotopic (exact) mass is 305 g/mol. The fraction of sp³-hybridized carbons (Fsp3) is 0.538. The molecule has 2 rings (SSSR count). The maximum atomic E-state index is 12.1. The zero-order valence-electron chi connectivity index (χ0n) is 11.0. The van der Waals surface area contributed by atoms with Gasteiger partial charge in [0.2, 0.25) is 5.91 Å². The molecule has 2 atom stereocenters. The van der Waals surface area contributed by atoms with Crippen LogP contribution in [0, 0.1) is 12.8 Å². The highest BCUT2D eigenvalue weighted by Crippen LogP contribution is 2.24. The Morgan fingerprint density at radius 2 is 2.16 bits per heavy atom. The topological polar surface area (TPSA) is 68.0 Å². The number of aryl methyl sites for hydroxylation is 1. The molecule has 0 radical (unpaired) electrons. The zero-order chi connectivity index (χ0) is 12.3. The number of carbonyl (C=O) groups excluding carboxylic acids is 1. The van der Waals surface area contributed by atoms with Crippen molar-refractivity contribution in [2.45, 2.75) is 38.6 Å². The molecular weight excluding hydrogens is 285 g/mol. The Hall–Kier alpha value is -0.840. The Bertz CT molecular complexity index is 415. The first-order valence-electron chi connectivity index (χ1n) is 6.14. The van der Waals surface area contributed by atoms with Crippen LogP contribution in [0.5, 0.6) is 0 Å². The first kappa shape index (κ1) is 18.2. The van der Waals surface area contributed by atoms with E-state index in [9.17, 15) is 4.79 Å². The number of aromatic nitrogens is 1. The number of hydrogen-bond donors (Lipinski definition) is 2. The van der Waals surface area contributed by atoms with Gasteiger partial charge in [-0.2, -0.15) is 0 Å². The van der Waals surface area contributed by atoms with Gasteiger partial charge in [-0.25, -0.2) is 0 Å². The number of carbonyl (C=O) groups is 1. The second-order valence-corrected chi connectivity index (χ2v) is 4.80. The highest BCUT2D eigenvalue weighted by molar-refractivity contribution is 5.93. The number of halogens is 2. The van der Waals surface area contributed by atoms with Crippen molar-refractivity contribution in [3.8, 4) is 0 Å². The summed E-state index contributed by atoms with van der Waals surface area (Å²) in [5, 5.41) is 2.94. The summed E-state index contributed by atoms with van der Waals surface area (Å²) in [5.74, 6) is 0.134. The fourth-order valence-corrected chi connectivity index (χ4v) is 2.30. The van der Waals surface area contributed by atoms with Crippen molar-refractivity contribution in [1.82, 2.24) is 4.98 Å². The Morgan fingerprint density at radius 3 is 2.79 bits per heavy atom. The van der Waals surface area contributed by atoms with Gasteiger partial charge in [0.1, 0.15) is 0 Å². The van der Waals surface area contributed by atoms with E-state index in [0.717, 1.165) is 36.9 Å². The number of nitrogens with one attached hydrogen (secondary N) is 1. The quantitative estimate of drug-likeness (QED) is 0.882. The minimum atomic E-state index is 0. The molecule has 0 aromatic carbocycles. The summed E-state index contributed by atoms with van der Waals surface area (Å²) in [4.78, 5) is 16.1. The van der Waals surface area contributed by atoms with Gasteiger partial charge >= 0.3 is 0 Å². The number of hydrogen-bond acceptors (Lipinski definition) is 3. The van der Waals surface area contributed by atoms with Crippen LogP contribution < -0.4 is 11.1 Å². The smallest absolute Gasteiger partial charge is 0.227 e. The van der Waals surface area contributed by atoms with E-state index >= 15 is 0 Å². The molecular formula is C13H21Cl2N3O. The first-order valence-corrected chi connectivity index (χ1v) is 6.14. The highest BCUT2D eigenvalue weighted by atomic mass is 35.5. The molecule has 1 aliphatic rings. The Kier molecular flexibility index (Phi) is 7.99. The van der Waals surface area contributed by atoms with E-state index in [2.05, 4.69) is 10.3 Å². The van der Waals surface area contributed by atoms with E-state index in [4.69, 9.17) is 5.73 Å². The average molecular weight is 306 g/mol. The average Bonchev–Trinajstić information content (AvgIpc) is 2.32. The number of pyridine rings is 1. The van der Waals surface area contributed by atoms with Gasteiger partial charge < -0.3 is 11.1 Å². The van der Waals surface area contributed by atoms with Gasteiger partial charge in [-0.15, -0.1) is 24.8 Å². The van der Waals surface area contributed by atoms with Crippen LogP contribution in [0.2, 0.25) is 0 Å². The van der Waals surface area contributed by atoms with E-state index < -0.39 is 0 Å². The number of amides is 1. The molecule has 6 heteroatoms. The molecule has 0 bridgehead atoms. The standard InChI is InChI=1S/C13H19N3O.2ClH/c1-9-5-6-15-8-12(9)16-13(17)10-3-2-4-11(14)7-10;;/h5-6,8,10-11H,2-4,7,14H2,1H3,(H,16,17);2*1H. The van der Waals surface area contributed by atoms with Gasteiger partial charge in [-0.05, 0) is 37.8 Å². The van der Waals surface area contributed by atoms with Crippen molar-refractivity contribution in [1.29, 1.82) is 0 Å². The van der Waals surface area contributed by atoms with E-state index in [-0.39, 0.29) is 42.7 Å². The lowest BCUT2D eigenvalue weighted by Gasteiger charge is -2.25. The molecule has 2 unspecified atom stereocenters. The van der Waals surface area contributed by atoms with E-state index in [1.807, 2.05) is 13.0 Å². The van der Waals surface area contributed by atoms with Crippen molar-refractivity contribution < 1.29 is 4.79 Å². The zero-order valence-corrected chi connectivity index (χ0v) is 12.6. The molecule has 1 amide bonds.